The van der Waals surface area contributed by atoms with E-state index in [9.17, 15) is 14.9 Å². The first-order valence-electron chi connectivity index (χ1n) is 5.74. The summed E-state index contributed by atoms with van der Waals surface area (Å²) in [6, 6.07) is 2.67. The van der Waals surface area contributed by atoms with Crippen molar-refractivity contribution in [2.45, 2.75) is 19.8 Å². The minimum atomic E-state index is -0.568. The van der Waals surface area contributed by atoms with Gasteiger partial charge in [0.15, 0.2) is 17.3 Å². The monoisotopic (exact) mass is 251 g/mol. The number of benzene rings is 1. The molecule has 1 aromatic rings. The van der Waals surface area contributed by atoms with E-state index in [0.29, 0.717) is 31.1 Å². The summed E-state index contributed by atoms with van der Waals surface area (Å²) in [6.45, 7) is 2.58. The SMILES string of the molecule is CCCC(=O)c1cc2c(cc1[N+](=O)[O-])OCCO2. The fraction of sp³-hybridized carbons (Fsp3) is 0.417. The molecule has 0 aromatic heterocycles. The summed E-state index contributed by atoms with van der Waals surface area (Å²) in [7, 11) is 0. The number of nitrogens with zero attached hydrogens (tertiary/aromatic N) is 1. The van der Waals surface area contributed by atoms with Crippen LogP contribution < -0.4 is 9.47 Å². The summed E-state index contributed by atoms with van der Waals surface area (Å²) in [5.41, 5.74) is -0.135. The number of carbonyl (C=O) groups excluding carboxylic acids is 1. The van der Waals surface area contributed by atoms with Crippen LogP contribution in [0.2, 0.25) is 0 Å². The van der Waals surface area contributed by atoms with Crippen LogP contribution in [-0.4, -0.2) is 23.9 Å². The fourth-order valence-corrected chi connectivity index (χ4v) is 1.81. The Kier molecular flexibility index (Phi) is 3.45. The van der Waals surface area contributed by atoms with Crippen LogP contribution >= 0.6 is 0 Å². The largest absolute Gasteiger partial charge is 0.486 e. The highest BCUT2D eigenvalue weighted by Crippen LogP contribution is 2.37. The first kappa shape index (κ1) is 12.3. The summed E-state index contributed by atoms with van der Waals surface area (Å²) in [5.74, 6) is 0.466. The van der Waals surface area contributed by atoms with Gasteiger partial charge in [0.2, 0.25) is 0 Å². The van der Waals surface area contributed by atoms with Crippen LogP contribution in [0, 0.1) is 10.1 Å². The topological polar surface area (TPSA) is 78.7 Å². The third-order valence-corrected chi connectivity index (χ3v) is 2.63. The molecule has 0 aliphatic carbocycles. The molecule has 6 heteroatoms. The molecular formula is C12H13NO5. The highest BCUT2D eigenvalue weighted by Gasteiger charge is 2.25. The average molecular weight is 251 g/mol. The van der Waals surface area contributed by atoms with E-state index >= 15 is 0 Å². The number of nitro benzene ring substituents is 1. The van der Waals surface area contributed by atoms with Crippen molar-refractivity contribution in [3.05, 3.63) is 27.8 Å². The number of Topliss-reactive ketones (excluding diaryl/α,β-unsaturated/α-hetero) is 1. The van der Waals surface area contributed by atoms with Crippen LogP contribution in [-0.2, 0) is 0 Å². The Morgan fingerprint density at radius 3 is 2.50 bits per heavy atom. The van der Waals surface area contributed by atoms with Crippen LogP contribution in [0.1, 0.15) is 30.1 Å². The van der Waals surface area contributed by atoms with E-state index in [0.717, 1.165) is 0 Å². The Morgan fingerprint density at radius 2 is 1.94 bits per heavy atom. The van der Waals surface area contributed by atoms with Crippen molar-refractivity contribution in [1.82, 2.24) is 0 Å². The molecule has 0 unspecified atom stereocenters. The van der Waals surface area contributed by atoms with Gasteiger partial charge in [0.1, 0.15) is 13.2 Å². The maximum atomic E-state index is 11.9. The van der Waals surface area contributed by atoms with Crippen molar-refractivity contribution >= 4 is 11.5 Å². The van der Waals surface area contributed by atoms with Gasteiger partial charge >= 0.3 is 0 Å². The maximum absolute atomic E-state index is 11.9. The van der Waals surface area contributed by atoms with Crippen molar-refractivity contribution in [1.29, 1.82) is 0 Å². The van der Waals surface area contributed by atoms with Gasteiger partial charge in [-0.25, -0.2) is 0 Å². The van der Waals surface area contributed by atoms with Gasteiger partial charge in [0.25, 0.3) is 5.69 Å². The smallest absolute Gasteiger partial charge is 0.284 e. The van der Waals surface area contributed by atoms with Crippen LogP contribution in [0.25, 0.3) is 0 Å². The second-order valence-corrected chi connectivity index (χ2v) is 3.94. The minimum absolute atomic E-state index is 0.0890. The fourth-order valence-electron chi connectivity index (χ4n) is 1.81. The normalized spacial score (nSPS) is 13.2. The van der Waals surface area contributed by atoms with Gasteiger partial charge in [-0.15, -0.1) is 0 Å². The lowest BCUT2D eigenvalue weighted by atomic mass is 10.0. The van der Waals surface area contributed by atoms with Crippen molar-refractivity contribution in [3.8, 4) is 11.5 Å². The van der Waals surface area contributed by atoms with Gasteiger partial charge in [-0.3, -0.25) is 14.9 Å². The molecule has 0 saturated heterocycles. The summed E-state index contributed by atoms with van der Waals surface area (Å²) >= 11 is 0. The van der Waals surface area contributed by atoms with Gasteiger partial charge in [-0.05, 0) is 6.42 Å². The predicted molar refractivity (Wildman–Crippen MR) is 63.3 cm³/mol. The number of carbonyl (C=O) groups is 1. The van der Waals surface area contributed by atoms with E-state index in [1.54, 1.807) is 0 Å². The number of hydrogen-bond donors (Lipinski definition) is 0. The maximum Gasteiger partial charge on any atom is 0.284 e. The lowest BCUT2D eigenvalue weighted by Gasteiger charge is -2.18. The third-order valence-electron chi connectivity index (χ3n) is 2.63. The molecule has 2 rings (SSSR count). The zero-order valence-electron chi connectivity index (χ0n) is 9.97. The molecule has 0 bridgehead atoms. The Hall–Kier alpha value is -2.11. The van der Waals surface area contributed by atoms with Crippen molar-refractivity contribution < 1.29 is 19.2 Å². The standard InChI is InChI=1S/C12H13NO5/c1-2-3-10(14)8-6-11-12(18-5-4-17-11)7-9(8)13(15)16/h6-7H,2-5H2,1H3. The van der Waals surface area contributed by atoms with Crippen molar-refractivity contribution in [2.75, 3.05) is 13.2 Å². The van der Waals surface area contributed by atoms with Gasteiger partial charge < -0.3 is 9.47 Å². The highest BCUT2D eigenvalue weighted by atomic mass is 16.6. The average Bonchev–Trinajstić information content (AvgIpc) is 2.37. The van der Waals surface area contributed by atoms with Crippen molar-refractivity contribution in [2.24, 2.45) is 0 Å². The molecule has 96 valence electrons. The zero-order valence-corrected chi connectivity index (χ0v) is 9.97. The number of ether oxygens (including phenoxy) is 2. The van der Waals surface area contributed by atoms with E-state index in [-0.39, 0.29) is 23.5 Å². The van der Waals surface area contributed by atoms with Gasteiger partial charge in [-0.2, -0.15) is 0 Å². The van der Waals surface area contributed by atoms with E-state index in [2.05, 4.69) is 0 Å². The van der Waals surface area contributed by atoms with E-state index < -0.39 is 4.92 Å². The molecule has 1 heterocycles. The quantitative estimate of drug-likeness (QED) is 0.466. The number of hydrogen-bond acceptors (Lipinski definition) is 5. The molecule has 0 amide bonds. The number of fused-ring (bicyclic) bond motifs is 1. The molecule has 1 aliphatic rings. The molecule has 0 spiro atoms. The lowest BCUT2D eigenvalue weighted by molar-refractivity contribution is -0.385. The second-order valence-electron chi connectivity index (χ2n) is 3.94. The third kappa shape index (κ3) is 2.27. The Bertz CT molecular complexity index is 497. The number of rotatable bonds is 4. The predicted octanol–water partition coefficient (Wildman–Crippen LogP) is 2.35. The lowest BCUT2D eigenvalue weighted by Crippen LogP contribution is -2.16. The van der Waals surface area contributed by atoms with Gasteiger partial charge in [0, 0.05) is 12.5 Å². The van der Waals surface area contributed by atoms with E-state index in [4.69, 9.17) is 9.47 Å². The summed E-state index contributed by atoms with van der Waals surface area (Å²) in [4.78, 5) is 22.3. The first-order valence-corrected chi connectivity index (χ1v) is 5.74. The summed E-state index contributed by atoms with van der Waals surface area (Å²) in [6.07, 6.45) is 0.922. The molecule has 0 atom stereocenters. The van der Waals surface area contributed by atoms with Gasteiger partial charge in [-0.1, -0.05) is 6.92 Å². The van der Waals surface area contributed by atoms with Gasteiger partial charge in [0.05, 0.1) is 16.6 Å². The molecule has 0 fully saturated rings. The molecule has 0 N–H and O–H groups in total. The van der Waals surface area contributed by atoms with Crippen LogP contribution in [0.3, 0.4) is 0 Å². The zero-order chi connectivity index (χ0) is 13.1. The Balaban J connectivity index is 2.48. The first-order chi connectivity index (χ1) is 8.63. The number of ketones is 1. The molecule has 18 heavy (non-hydrogen) atoms. The minimum Gasteiger partial charge on any atom is -0.486 e. The second kappa shape index (κ2) is 5.03. The molecule has 0 radical (unpaired) electrons. The molecule has 1 aliphatic heterocycles. The summed E-state index contributed by atoms with van der Waals surface area (Å²) < 4.78 is 10.6. The van der Waals surface area contributed by atoms with Crippen LogP contribution in [0.4, 0.5) is 5.69 Å². The molecule has 0 saturated carbocycles. The van der Waals surface area contributed by atoms with E-state index in [1.165, 1.54) is 12.1 Å². The van der Waals surface area contributed by atoms with Crippen molar-refractivity contribution in [3.63, 3.8) is 0 Å². The number of nitro groups is 1. The summed E-state index contributed by atoms with van der Waals surface area (Å²) in [5, 5.41) is 11.0. The van der Waals surface area contributed by atoms with Crippen LogP contribution in [0.15, 0.2) is 12.1 Å². The Morgan fingerprint density at radius 1 is 1.33 bits per heavy atom. The molecular weight excluding hydrogens is 238 g/mol. The molecule has 6 nitrogen and oxygen atoms in total. The molecule has 1 aromatic carbocycles. The highest BCUT2D eigenvalue weighted by molar-refractivity contribution is 6.00. The Labute approximate surface area is 104 Å². The van der Waals surface area contributed by atoms with E-state index in [1.807, 2.05) is 6.92 Å². The van der Waals surface area contributed by atoms with Crippen LogP contribution in [0.5, 0.6) is 11.5 Å².